The third-order valence-corrected chi connectivity index (χ3v) is 6.97. The Bertz CT molecular complexity index is 1140. The van der Waals surface area contributed by atoms with Crippen molar-refractivity contribution in [1.29, 1.82) is 0 Å². The summed E-state index contributed by atoms with van der Waals surface area (Å²) in [5, 5.41) is 18.8. The van der Waals surface area contributed by atoms with Crippen molar-refractivity contribution in [2.45, 2.75) is 37.6 Å². The molecule has 4 heterocycles. The van der Waals surface area contributed by atoms with E-state index in [1.54, 1.807) is 23.1 Å². The van der Waals surface area contributed by atoms with Gasteiger partial charge in [0.15, 0.2) is 0 Å². The molecule has 32 heavy (non-hydrogen) atoms. The van der Waals surface area contributed by atoms with E-state index < -0.39 is 12.3 Å². The van der Waals surface area contributed by atoms with E-state index in [1.165, 1.54) is 0 Å². The zero-order valence-electron chi connectivity index (χ0n) is 18.0. The largest absolute Gasteiger partial charge is 0.389 e. The van der Waals surface area contributed by atoms with Gasteiger partial charge in [-0.05, 0) is 37.6 Å². The van der Waals surface area contributed by atoms with Crippen molar-refractivity contribution in [3.63, 3.8) is 0 Å². The number of likely N-dealkylation sites (tertiary alicyclic amines) is 1. The van der Waals surface area contributed by atoms with Crippen LogP contribution in [0.2, 0.25) is 5.02 Å². The maximum Gasteiger partial charge on any atom is 0.227 e. The standard InChI is InChI=1S/C22H26ClFN6O2/c1-12-19(8-26-29(12)2)28-22-25-7-13-5-16(23)15(6-18(13)27-22)14-3-4-30(9-17(14)24)20-10-32-11-21(20)31/h5-8,14,17,20-21,31H,3-4,9-11H2,1-2H3,(H,25,27,28)/t14?,17?,20-,21?/m1/s1. The monoisotopic (exact) mass is 460 g/mol. The predicted molar refractivity (Wildman–Crippen MR) is 120 cm³/mol. The maximum absolute atomic E-state index is 15.3. The molecule has 2 aromatic heterocycles. The van der Waals surface area contributed by atoms with E-state index in [4.69, 9.17) is 16.3 Å². The molecule has 2 saturated heterocycles. The molecule has 0 spiro atoms. The number of hydrogen-bond acceptors (Lipinski definition) is 7. The van der Waals surface area contributed by atoms with Gasteiger partial charge in [0.2, 0.25) is 5.95 Å². The van der Waals surface area contributed by atoms with Crippen LogP contribution in [0.4, 0.5) is 16.0 Å². The normalized spacial score (nSPS) is 26.7. The Hall–Kier alpha value is -2.33. The highest BCUT2D eigenvalue weighted by Crippen LogP contribution is 2.37. The zero-order chi connectivity index (χ0) is 22.4. The van der Waals surface area contributed by atoms with Crippen LogP contribution in [0.15, 0.2) is 24.5 Å². The molecule has 2 aliphatic rings. The van der Waals surface area contributed by atoms with Crippen LogP contribution in [0, 0.1) is 6.92 Å². The fourth-order valence-electron chi connectivity index (χ4n) is 4.61. The molecule has 4 atom stereocenters. The zero-order valence-corrected chi connectivity index (χ0v) is 18.8. The lowest BCUT2D eigenvalue weighted by molar-refractivity contribution is 0.0353. The third-order valence-electron chi connectivity index (χ3n) is 6.64. The van der Waals surface area contributed by atoms with Crippen LogP contribution < -0.4 is 5.32 Å². The van der Waals surface area contributed by atoms with E-state index in [0.29, 0.717) is 42.7 Å². The second-order valence-corrected chi connectivity index (χ2v) is 9.00. The number of hydrogen-bond donors (Lipinski definition) is 2. The number of benzene rings is 1. The summed E-state index contributed by atoms with van der Waals surface area (Å²) >= 11 is 6.56. The molecule has 2 fully saturated rings. The summed E-state index contributed by atoms with van der Waals surface area (Å²) < 4.78 is 22.4. The molecule has 2 N–H and O–H groups in total. The lowest BCUT2D eigenvalue weighted by Crippen LogP contribution is -2.50. The van der Waals surface area contributed by atoms with Crippen LogP contribution in [0.25, 0.3) is 10.9 Å². The highest BCUT2D eigenvalue weighted by Gasteiger charge is 2.39. The number of piperidine rings is 1. The summed E-state index contributed by atoms with van der Waals surface area (Å²) in [5.74, 6) is 0.123. The first-order valence-electron chi connectivity index (χ1n) is 10.8. The van der Waals surface area contributed by atoms with E-state index in [-0.39, 0.29) is 18.5 Å². The van der Waals surface area contributed by atoms with Gasteiger partial charge in [0, 0.05) is 36.1 Å². The Kier molecular flexibility index (Phi) is 5.75. The second kappa shape index (κ2) is 8.55. The summed E-state index contributed by atoms with van der Waals surface area (Å²) in [6, 6.07) is 3.54. The minimum atomic E-state index is -1.09. The first kappa shape index (κ1) is 21.5. The molecule has 5 rings (SSSR count). The predicted octanol–water partition coefficient (Wildman–Crippen LogP) is 2.96. The van der Waals surface area contributed by atoms with Crippen molar-refractivity contribution in [1.82, 2.24) is 24.6 Å². The van der Waals surface area contributed by atoms with Crippen molar-refractivity contribution in [3.8, 4) is 0 Å². The lowest BCUT2D eigenvalue weighted by atomic mass is 9.86. The third kappa shape index (κ3) is 3.94. The van der Waals surface area contributed by atoms with Gasteiger partial charge >= 0.3 is 0 Å². The number of ether oxygens (including phenoxy) is 1. The Morgan fingerprint density at radius 2 is 2.12 bits per heavy atom. The van der Waals surface area contributed by atoms with E-state index >= 15 is 4.39 Å². The smallest absolute Gasteiger partial charge is 0.227 e. The molecular weight excluding hydrogens is 435 g/mol. The van der Waals surface area contributed by atoms with Crippen LogP contribution in [0.5, 0.6) is 0 Å². The van der Waals surface area contributed by atoms with E-state index in [2.05, 4.69) is 20.4 Å². The van der Waals surface area contributed by atoms with Gasteiger partial charge in [-0.25, -0.2) is 14.4 Å². The van der Waals surface area contributed by atoms with Gasteiger partial charge in [0.25, 0.3) is 0 Å². The van der Waals surface area contributed by atoms with Crippen molar-refractivity contribution >= 4 is 34.1 Å². The molecule has 0 saturated carbocycles. The van der Waals surface area contributed by atoms with Crippen molar-refractivity contribution in [2.75, 3.05) is 31.6 Å². The molecule has 0 amide bonds. The number of halogens is 2. The Labute approximate surface area is 190 Å². The van der Waals surface area contributed by atoms with E-state index in [1.807, 2.05) is 24.9 Å². The van der Waals surface area contributed by atoms with Crippen molar-refractivity contribution < 1.29 is 14.2 Å². The molecule has 170 valence electrons. The number of nitrogens with one attached hydrogen (secondary N) is 1. The molecule has 3 unspecified atom stereocenters. The van der Waals surface area contributed by atoms with Crippen molar-refractivity contribution in [2.24, 2.45) is 7.05 Å². The van der Waals surface area contributed by atoms with Gasteiger partial charge in [0.1, 0.15) is 6.17 Å². The summed E-state index contributed by atoms with van der Waals surface area (Å²) in [7, 11) is 1.87. The lowest BCUT2D eigenvalue weighted by Gasteiger charge is -2.39. The summed E-state index contributed by atoms with van der Waals surface area (Å²) in [4.78, 5) is 11.0. The fourth-order valence-corrected chi connectivity index (χ4v) is 4.93. The van der Waals surface area contributed by atoms with Crippen LogP contribution in [-0.4, -0.2) is 74.4 Å². The molecule has 1 aromatic carbocycles. The second-order valence-electron chi connectivity index (χ2n) is 8.60. The number of aliphatic hydroxyl groups excluding tert-OH is 1. The minimum Gasteiger partial charge on any atom is -0.389 e. The van der Waals surface area contributed by atoms with Gasteiger partial charge in [-0.2, -0.15) is 5.10 Å². The average Bonchev–Trinajstić information content (AvgIpc) is 3.34. The first-order chi connectivity index (χ1) is 15.4. The molecule has 0 aliphatic carbocycles. The van der Waals surface area contributed by atoms with Gasteiger partial charge in [-0.15, -0.1) is 0 Å². The Morgan fingerprint density at radius 1 is 1.28 bits per heavy atom. The Morgan fingerprint density at radius 3 is 2.81 bits per heavy atom. The number of alkyl halides is 1. The van der Waals surface area contributed by atoms with Crippen LogP contribution in [-0.2, 0) is 11.8 Å². The number of aliphatic hydroxyl groups is 1. The number of aromatic nitrogens is 4. The van der Waals surface area contributed by atoms with E-state index in [0.717, 1.165) is 22.3 Å². The van der Waals surface area contributed by atoms with Crippen molar-refractivity contribution in [3.05, 3.63) is 40.8 Å². The van der Waals surface area contributed by atoms with Gasteiger partial charge < -0.3 is 15.2 Å². The number of nitrogens with zero attached hydrogens (tertiary/aromatic N) is 5. The van der Waals surface area contributed by atoms with Crippen LogP contribution >= 0.6 is 11.6 Å². The first-order valence-corrected chi connectivity index (χ1v) is 11.1. The molecule has 3 aromatic rings. The molecular formula is C22H26ClFN6O2. The SMILES string of the molecule is Cc1c(Nc2ncc3cc(Cl)c(C4CCN([C@@H]5COCC5O)CC4F)cc3n2)cnn1C. The highest BCUT2D eigenvalue weighted by molar-refractivity contribution is 6.32. The van der Waals surface area contributed by atoms with Gasteiger partial charge in [-0.1, -0.05) is 11.6 Å². The molecule has 2 aliphatic heterocycles. The minimum absolute atomic E-state index is 0.140. The molecule has 0 bridgehead atoms. The summed E-state index contributed by atoms with van der Waals surface area (Å²) in [6.45, 7) is 3.65. The van der Waals surface area contributed by atoms with Crippen LogP contribution in [0.3, 0.4) is 0 Å². The number of fused-ring (bicyclic) bond motifs is 1. The molecule has 0 radical (unpaired) electrons. The summed E-state index contributed by atoms with van der Waals surface area (Å²) in [6.07, 6.45) is 2.39. The fraction of sp³-hybridized carbons (Fsp3) is 0.500. The molecule has 10 heteroatoms. The average molecular weight is 461 g/mol. The number of rotatable bonds is 4. The number of aryl methyl sites for hydroxylation is 1. The highest BCUT2D eigenvalue weighted by atomic mass is 35.5. The van der Waals surface area contributed by atoms with Crippen LogP contribution in [0.1, 0.15) is 23.6 Å². The quantitative estimate of drug-likeness (QED) is 0.618. The Balaban J connectivity index is 1.39. The van der Waals surface area contributed by atoms with E-state index in [9.17, 15) is 5.11 Å². The summed E-state index contributed by atoms with van der Waals surface area (Å²) in [5.41, 5.74) is 3.26. The van der Waals surface area contributed by atoms with Gasteiger partial charge in [0.05, 0.1) is 48.5 Å². The molecule has 8 nitrogen and oxygen atoms in total. The maximum atomic E-state index is 15.3. The topological polar surface area (TPSA) is 88.3 Å². The van der Waals surface area contributed by atoms with Gasteiger partial charge in [-0.3, -0.25) is 9.58 Å². The number of anilines is 2.